The lowest BCUT2D eigenvalue weighted by molar-refractivity contribution is -0.179. The van der Waals surface area contributed by atoms with Crippen molar-refractivity contribution >= 4 is 37.2 Å². The number of esters is 1. The van der Waals surface area contributed by atoms with Crippen molar-refractivity contribution in [2.75, 3.05) is 6.61 Å². The van der Waals surface area contributed by atoms with Gasteiger partial charge in [0.05, 0.1) is 12.2 Å². The summed E-state index contributed by atoms with van der Waals surface area (Å²) in [6, 6.07) is 0. The molecule has 15 nitrogen and oxygen atoms in total. The van der Waals surface area contributed by atoms with Crippen molar-refractivity contribution in [1.29, 1.82) is 0 Å². The summed E-state index contributed by atoms with van der Waals surface area (Å²) in [5.74, 6) is -1.40. The van der Waals surface area contributed by atoms with E-state index in [4.69, 9.17) is 13.1 Å². The summed E-state index contributed by atoms with van der Waals surface area (Å²) < 4.78 is 120. The molecule has 0 aromatic rings. The molecule has 0 radical (unpaired) electrons. The molecule has 0 aromatic heterocycles. The first-order valence-corrected chi connectivity index (χ1v) is 20.2. The minimum atomic E-state index is -5.31. The number of aliphatic hydroxyl groups is 1. The standard InChI is InChI=1S/C30H46O15S3/c1-16(18-10-13-42-27(18)32)6-7-17(2)19-8-11-30(5)21-14-22(43-46(33,34)35)24-25(31)26(45-48(39,40)41)23(44-47(36,37)38)15-28(24,3)20(21)9-12-29(19,30)4/h9-10,16-17,19,21-26,31H,6-8,11-15H2,1-5H3,(H,33,34,35)(H,36,37,38)(H,39,40,41)/t16-,17-,19-,21-,22+,23+,24+,25-,26-,28-,29-,30+/m1/s1. The van der Waals surface area contributed by atoms with Crippen molar-refractivity contribution in [2.24, 2.45) is 45.8 Å². The van der Waals surface area contributed by atoms with Gasteiger partial charge in [-0.15, -0.1) is 0 Å². The highest BCUT2D eigenvalue weighted by atomic mass is 32.3. The van der Waals surface area contributed by atoms with Crippen LogP contribution in [0.4, 0.5) is 0 Å². The smallest absolute Gasteiger partial charge is 0.397 e. The second-order valence-corrected chi connectivity index (χ2v) is 18.2. The maximum absolute atomic E-state index is 12.2. The summed E-state index contributed by atoms with van der Waals surface area (Å²) in [5.41, 5.74) is -0.598. The minimum absolute atomic E-state index is 0.00580. The monoisotopic (exact) mass is 742 g/mol. The summed E-state index contributed by atoms with van der Waals surface area (Å²) in [6.45, 7) is 10.5. The first-order chi connectivity index (χ1) is 21.9. The van der Waals surface area contributed by atoms with Gasteiger partial charge in [0.1, 0.15) is 18.8 Å². The van der Waals surface area contributed by atoms with Crippen LogP contribution in [0.5, 0.6) is 0 Å². The Labute approximate surface area is 282 Å². The number of cyclic esters (lactones) is 1. The van der Waals surface area contributed by atoms with Crippen molar-refractivity contribution in [1.82, 2.24) is 0 Å². The van der Waals surface area contributed by atoms with Crippen LogP contribution in [0.2, 0.25) is 0 Å². The minimum Gasteiger partial charge on any atom is -0.458 e. The van der Waals surface area contributed by atoms with Gasteiger partial charge in [-0.1, -0.05) is 46.3 Å². The van der Waals surface area contributed by atoms with Gasteiger partial charge in [0.15, 0.2) is 0 Å². The number of allylic oxidation sites excluding steroid dienone is 2. The second kappa shape index (κ2) is 12.6. The fourth-order valence-electron chi connectivity index (χ4n) is 10.4. The molecule has 0 bridgehead atoms. The first kappa shape index (κ1) is 37.8. The normalized spacial score (nSPS) is 41.4. The molecule has 4 N–H and O–H groups in total. The van der Waals surface area contributed by atoms with Gasteiger partial charge >= 0.3 is 37.2 Å². The molecule has 18 heteroatoms. The van der Waals surface area contributed by atoms with Crippen LogP contribution in [0.25, 0.3) is 0 Å². The number of hydrogen-bond donors (Lipinski definition) is 4. The van der Waals surface area contributed by atoms with Crippen LogP contribution in [0.15, 0.2) is 23.3 Å². The quantitative estimate of drug-likeness (QED) is 0.135. The Kier molecular flexibility index (Phi) is 9.94. The van der Waals surface area contributed by atoms with Crippen LogP contribution in [-0.2, 0) is 53.3 Å². The molecule has 0 amide bonds. The third-order valence-corrected chi connectivity index (χ3v) is 14.1. The highest BCUT2D eigenvalue weighted by Crippen LogP contribution is 2.72. The highest BCUT2D eigenvalue weighted by Gasteiger charge is 2.68. The number of rotatable bonds is 11. The van der Waals surface area contributed by atoms with E-state index in [1.165, 1.54) is 0 Å². The van der Waals surface area contributed by atoms with Crippen LogP contribution in [-0.4, -0.2) is 81.0 Å². The zero-order chi connectivity index (χ0) is 35.8. The molecule has 4 aliphatic carbocycles. The molecule has 5 rings (SSSR count). The summed E-state index contributed by atoms with van der Waals surface area (Å²) >= 11 is 0. The molecule has 48 heavy (non-hydrogen) atoms. The average molecular weight is 743 g/mol. The van der Waals surface area contributed by atoms with Crippen LogP contribution in [0.3, 0.4) is 0 Å². The lowest BCUT2D eigenvalue weighted by Crippen LogP contribution is -2.65. The maximum atomic E-state index is 12.2. The number of fused-ring (bicyclic) bond motifs is 5. The van der Waals surface area contributed by atoms with Crippen LogP contribution in [0, 0.1) is 45.8 Å². The van der Waals surface area contributed by atoms with Crippen molar-refractivity contribution in [3.63, 3.8) is 0 Å². The Balaban J connectivity index is 1.51. The van der Waals surface area contributed by atoms with Gasteiger partial charge in [0.25, 0.3) is 0 Å². The van der Waals surface area contributed by atoms with E-state index in [1.807, 2.05) is 19.1 Å². The first-order valence-electron chi connectivity index (χ1n) is 16.1. The third-order valence-electron chi connectivity index (χ3n) is 12.7. The Morgan fingerprint density at radius 1 is 0.896 bits per heavy atom. The predicted octanol–water partition coefficient (Wildman–Crippen LogP) is 3.25. The van der Waals surface area contributed by atoms with Gasteiger partial charge in [0, 0.05) is 11.5 Å². The topological polar surface area (TPSA) is 237 Å². The molecule has 5 aliphatic rings. The van der Waals surface area contributed by atoms with Gasteiger partial charge in [-0.05, 0) is 90.9 Å². The fourth-order valence-corrected chi connectivity index (χ4v) is 11.9. The van der Waals surface area contributed by atoms with Crippen molar-refractivity contribution in [3.05, 3.63) is 23.3 Å². The fraction of sp³-hybridized carbons (Fsp3) is 0.833. The van der Waals surface area contributed by atoms with E-state index in [0.29, 0.717) is 18.6 Å². The molecule has 1 aliphatic heterocycles. The van der Waals surface area contributed by atoms with E-state index in [9.17, 15) is 48.8 Å². The summed E-state index contributed by atoms with van der Waals surface area (Å²) in [4.78, 5) is 12.1. The van der Waals surface area contributed by atoms with E-state index in [2.05, 4.69) is 25.0 Å². The van der Waals surface area contributed by atoms with Crippen LogP contribution >= 0.6 is 0 Å². The van der Waals surface area contributed by atoms with Gasteiger partial charge in [-0.25, -0.2) is 17.3 Å². The number of carbonyl (C=O) groups excluding carboxylic acids is 1. The zero-order valence-corrected chi connectivity index (χ0v) is 30.0. The number of aliphatic hydroxyl groups excluding tert-OH is 1. The molecular weight excluding hydrogens is 697 g/mol. The molecule has 1 heterocycles. The lowest BCUT2D eigenvalue weighted by Gasteiger charge is -2.63. The van der Waals surface area contributed by atoms with E-state index >= 15 is 0 Å². The molecule has 274 valence electrons. The van der Waals surface area contributed by atoms with E-state index in [-0.39, 0.29) is 47.9 Å². The Morgan fingerprint density at radius 3 is 2.06 bits per heavy atom. The Morgan fingerprint density at radius 2 is 1.50 bits per heavy atom. The molecule has 3 fully saturated rings. The molecule has 0 aromatic carbocycles. The number of ether oxygens (including phenoxy) is 1. The van der Waals surface area contributed by atoms with Gasteiger partial charge in [0.2, 0.25) is 0 Å². The van der Waals surface area contributed by atoms with Gasteiger partial charge < -0.3 is 9.84 Å². The van der Waals surface area contributed by atoms with Gasteiger partial charge in [-0.2, -0.15) is 25.3 Å². The lowest BCUT2D eigenvalue weighted by atomic mass is 9.43. The van der Waals surface area contributed by atoms with E-state index in [0.717, 1.165) is 31.3 Å². The van der Waals surface area contributed by atoms with Gasteiger partial charge in [-0.3, -0.25) is 13.7 Å². The summed E-state index contributed by atoms with van der Waals surface area (Å²) in [5, 5.41) is 11.6. The predicted molar refractivity (Wildman–Crippen MR) is 168 cm³/mol. The van der Waals surface area contributed by atoms with Crippen LogP contribution in [0.1, 0.15) is 79.6 Å². The molecule has 3 saturated carbocycles. The Hall–Kier alpha value is -1.48. The number of hydrogen-bond acceptors (Lipinski definition) is 12. The summed E-state index contributed by atoms with van der Waals surface area (Å²) in [7, 11) is -15.6. The second-order valence-electron chi connectivity index (χ2n) is 15.1. The molecule has 0 unspecified atom stereocenters. The molecule has 12 atom stereocenters. The Bertz CT molecular complexity index is 1690. The van der Waals surface area contributed by atoms with E-state index in [1.54, 1.807) is 6.92 Å². The van der Waals surface area contributed by atoms with E-state index < -0.39 is 72.4 Å². The molecular formula is C30H46O15S3. The largest absolute Gasteiger partial charge is 0.458 e. The van der Waals surface area contributed by atoms with Crippen molar-refractivity contribution < 1.29 is 66.1 Å². The SMILES string of the molecule is C[C@H](CC[C@@H](C)[C@H]1CC[C@@]2(C)[C@@H]3C[C@H](OS(=O)(=O)O)[C@H]4[C@@H](O)[C@H](OS(=O)(=O)O)[C@@H](OS(=O)(=O)O)C[C@]4(C)C3=CC[C@]12C)C1=CCOC1=O. The molecule has 0 saturated heterocycles. The average Bonchev–Trinajstić information content (AvgIpc) is 3.47. The third kappa shape index (κ3) is 6.90. The molecule has 0 spiro atoms. The highest BCUT2D eigenvalue weighted by molar-refractivity contribution is 7.81. The summed E-state index contributed by atoms with van der Waals surface area (Å²) in [6.07, 6.45) is -0.0198. The van der Waals surface area contributed by atoms with Crippen molar-refractivity contribution in [2.45, 2.75) is 104 Å². The number of carbonyl (C=O) groups is 1. The van der Waals surface area contributed by atoms with Crippen molar-refractivity contribution in [3.8, 4) is 0 Å². The van der Waals surface area contributed by atoms with Crippen LogP contribution < -0.4 is 0 Å². The maximum Gasteiger partial charge on any atom is 0.397 e. The zero-order valence-electron chi connectivity index (χ0n) is 27.5.